The highest BCUT2D eigenvalue weighted by atomic mass is 127. The number of anilines is 2. The van der Waals surface area contributed by atoms with E-state index in [0.29, 0.717) is 5.02 Å². The van der Waals surface area contributed by atoms with Crippen LogP contribution in [0.25, 0.3) is 0 Å². The maximum absolute atomic E-state index is 5.83. The number of hydrogen-bond donors (Lipinski definition) is 1. The lowest BCUT2D eigenvalue weighted by Gasteiger charge is -2.09. The van der Waals surface area contributed by atoms with Crippen molar-refractivity contribution in [1.82, 2.24) is 4.98 Å². The first-order valence-electron chi connectivity index (χ1n) is 4.49. The molecule has 1 N–H and O–H groups in total. The van der Waals surface area contributed by atoms with Crippen molar-refractivity contribution in [1.29, 1.82) is 0 Å². The van der Waals surface area contributed by atoms with Crippen LogP contribution in [0.2, 0.25) is 5.02 Å². The molecule has 0 amide bonds. The molecule has 1 heterocycles. The summed E-state index contributed by atoms with van der Waals surface area (Å²) in [6, 6.07) is 9.83. The highest BCUT2D eigenvalue weighted by Crippen LogP contribution is 2.28. The molecule has 0 atom stereocenters. The molecule has 1 aromatic heterocycles. The van der Waals surface area contributed by atoms with Gasteiger partial charge in [0.1, 0.15) is 5.82 Å². The van der Waals surface area contributed by atoms with Crippen LogP contribution in [-0.2, 0) is 0 Å². The van der Waals surface area contributed by atoms with Crippen molar-refractivity contribution in [2.24, 2.45) is 0 Å². The van der Waals surface area contributed by atoms with Gasteiger partial charge in [-0.15, -0.1) is 0 Å². The minimum Gasteiger partial charge on any atom is -0.338 e. The van der Waals surface area contributed by atoms with Gasteiger partial charge in [0.05, 0.1) is 15.2 Å². The summed E-state index contributed by atoms with van der Waals surface area (Å²) < 4.78 is 1.99. The monoisotopic (exact) mass is 408 g/mol. The van der Waals surface area contributed by atoms with E-state index in [-0.39, 0.29) is 0 Å². The van der Waals surface area contributed by atoms with Gasteiger partial charge in [0.15, 0.2) is 0 Å². The van der Waals surface area contributed by atoms with Gasteiger partial charge < -0.3 is 5.32 Å². The molecule has 2 aromatic rings. The normalized spacial score (nSPS) is 10.2. The lowest BCUT2D eigenvalue weighted by molar-refractivity contribution is 1.29. The molecule has 5 heteroatoms. The van der Waals surface area contributed by atoms with Crippen LogP contribution in [0.15, 0.2) is 41.0 Å². The summed E-state index contributed by atoms with van der Waals surface area (Å²) in [6.07, 6.45) is 1.62. The molecule has 1 aromatic carbocycles. The number of benzene rings is 1. The molecule has 0 aliphatic carbocycles. The minimum atomic E-state index is 0.611. The average Bonchev–Trinajstić information content (AvgIpc) is 2.25. The Balaban J connectivity index is 2.31. The van der Waals surface area contributed by atoms with Gasteiger partial charge in [-0.25, -0.2) is 4.98 Å². The quantitative estimate of drug-likeness (QED) is 0.718. The molecule has 0 fully saturated rings. The topological polar surface area (TPSA) is 24.9 Å². The first kappa shape index (κ1) is 12.1. The van der Waals surface area contributed by atoms with Crippen LogP contribution < -0.4 is 5.32 Å². The Labute approximate surface area is 121 Å². The standard InChI is InChI=1S/C11H7BrClIN2/c12-8-5-7(13)6-15-11(8)16-10-4-2-1-3-9(10)14/h1-6H,(H,15,16). The number of nitrogens with one attached hydrogen (secondary N) is 1. The summed E-state index contributed by atoms with van der Waals surface area (Å²) in [5, 5.41) is 3.85. The maximum atomic E-state index is 5.83. The average molecular weight is 409 g/mol. The predicted octanol–water partition coefficient (Wildman–Crippen LogP) is 4.85. The number of para-hydroxylation sites is 1. The smallest absolute Gasteiger partial charge is 0.144 e. The molecule has 0 saturated carbocycles. The summed E-state index contributed by atoms with van der Waals surface area (Å²) in [5.74, 6) is 0.758. The van der Waals surface area contributed by atoms with Crippen molar-refractivity contribution < 1.29 is 0 Å². The summed E-state index contributed by atoms with van der Waals surface area (Å²) >= 11 is 11.5. The van der Waals surface area contributed by atoms with E-state index in [0.717, 1.165) is 19.5 Å². The van der Waals surface area contributed by atoms with Crippen molar-refractivity contribution in [2.75, 3.05) is 5.32 Å². The van der Waals surface area contributed by atoms with E-state index in [1.165, 1.54) is 0 Å². The Bertz CT molecular complexity index is 519. The molecule has 0 radical (unpaired) electrons. The molecule has 0 aliphatic heterocycles. The molecule has 16 heavy (non-hydrogen) atoms. The highest BCUT2D eigenvalue weighted by Gasteiger charge is 2.04. The van der Waals surface area contributed by atoms with Gasteiger partial charge >= 0.3 is 0 Å². The molecule has 2 nitrogen and oxygen atoms in total. The van der Waals surface area contributed by atoms with Crippen LogP contribution in [0, 0.1) is 3.57 Å². The second-order valence-corrected chi connectivity index (χ2v) is 5.54. The third-order valence-electron chi connectivity index (χ3n) is 1.93. The number of hydrogen-bond acceptors (Lipinski definition) is 2. The van der Waals surface area contributed by atoms with Gasteiger partial charge in [-0.3, -0.25) is 0 Å². The van der Waals surface area contributed by atoms with Crippen molar-refractivity contribution >= 4 is 61.6 Å². The fraction of sp³-hybridized carbons (Fsp3) is 0. The Morgan fingerprint density at radius 3 is 2.75 bits per heavy atom. The number of rotatable bonds is 2. The zero-order chi connectivity index (χ0) is 11.5. The Morgan fingerprint density at radius 1 is 1.31 bits per heavy atom. The van der Waals surface area contributed by atoms with Crippen LogP contribution >= 0.6 is 50.1 Å². The van der Waals surface area contributed by atoms with Gasteiger partial charge in [-0.05, 0) is 56.7 Å². The Morgan fingerprint density at radius 2 is 2.06 bits per heavy atom. The number of halogens is 3. The van der Waals surface area contributed by atoms with Crippen LogP contribution in [0.4, 0.5) is 11.5 Å². The van der Waals surface area contributed by atoms with Gasteiger partial charge in [0.25, 0.3) is 0 Å². The molecular formula is C11H7BrClIN2. The fourth-order valence-corrected chi connectivity index (χ4v) is 2.46. The fourth-order valence-electron chi connectivity index (χ4n) is 1.20. The van der Waals surface area contributed by atoms with E-state index in [4.69, 9.17) is 11.6 Å². The van der Waals surface area contributed by atoms with Gasteiger partial charge in [0, 0.05) is 9.77 Å². The first-order valence-corrected chi connectivity index (χ1v) is 6.74. The van der Waals surface area contributed by atoms with Crippen LogP contribution in [0.1, 0.15) is 0 Å². The second-order valence-electron chi connectivity index (χ2n) is 3.09. The summed E-state index contributed by atoms with van der Waals surface area (Å²) in [4.78, 5) is 4.22. The van der Waals surface area contributed by atoms with Gasteiger partial charge in [-0.1, -0.05) is 23.7 Å². The number of aromatic nitrogens is 1. The number of pyridine rings is 1. The van der Waals surface area contributed by atoms with Crippen molar-refractivity contribution in [2.45, 2.75) is 0 Å². The maximum Gasteiger partial charge on any atom is 0.144 e. The van der Waals surface area contributed by atoms with Crippen LogP contribution in [-0.4, -0.2) is 4.98 Å². The number of nitrogens with zero attached hydrogens (tertiary/aromatic N) is 1. The van der Waals surface area contributed by atoms with Gasteiger partial charge in [0.2, 0.25) is 0 Å². The predicted molar refractivity (Wildman–Crippen MR) is 79.4 cm³/mol. The van der Waals surface area contributed by atoms with E-state index in [1.807, 2.05) is 30.3 Å². The van der Waals surface area contributed by atoms with E-state index in [9.17, 15) is 0 Å². The molecule has 0 spiro atoms. The van der Waals surface area contributed by atoms with Crippen molar-refractivity contribution in [3.8, 4) is 0 Å². The van der Waals surface area contributed by atoms with Crippen LogP contribution in [0.5, 0.6) is 0 Å². The molecule has 0 saturated heterocycles. The highest BCUT2D eigenvalue weighted by molar-refractivity contribution is 14.1. The van der Waals surface area contributed by atoms with E-state index >= 15 is 0 Å². The summed E-state index contributed by atoms with van der Waals surface area (Å²) in [5.41, 5.74) is 1.03. The zero-order valence-corrected chi connectivity index (χ0v) is 12.5. The molecule has 0 bridgehead atoms. The summed E-state index contributed by atoms with van der Waals surface area (Å²) in [6.45, 7) is 0. The van der Waals surface area contributed by atoms with E-state index in [1.54, 1.807) is 6.20 Å². The molecule has 0 unspecified atom stereocenters. The molecule has 2 rings (SSSR count). The zero-order valence-electron chi connectivity index (χ0n) is 8.05. The SMILES string of the molecule is Clc1cnc(Nc2ccccc2I)c(Br)c1. The lowest BCUT2D eigenvalue weighted by Crippen LogP contribution is -1.96. The third-order valence-corrected chi connectivity index (χ3v) is 3.69. The van der Waals surface area contributed by atoms with Crippen molar-refractivity contribution in [3.05, 3.63) is 49.6 Å². The first-order chi connectivity index (χ1) is 7.66. The van der Waals surface area contributed by atoms with Gasteiger partial charge in [-0.2, -0.15) is 0 Å². The second kappa shape index (κ2) is 5.33. The van der Waals surface area contributed by atoms with Crippen molar-refractivity contribution in [3.63, 3.8) is 0 Å². The molecule has 0 aliphatic rings. The van der Waals surface area contributed by atoms with E-state index < -0.39 is 0 Å². The largest absolute Gasteiger partial charge is 0.338 e. The minimum absolute atomic E-state index is 0.611. The third kappa shape index (κ3) is 2.87. The molecular weight excluding hydrogens is 402 g/mol. The Kier molecular flexibility index (Phi) is 4.05. The Hall–Kier alpha value is -0.330. The lowest BCUT2D eigenvalue weighted by atomic mass is 10.3. The van der Waals surface area contributed by atoms with E-state index in [2.05, 4.69) is 48.8 Å². The summed E-state index contributed by atoms with van der Waals surface area (Å²) in [7, 11) is 0. The molecule has 82 valence electrons. The van der Waals surface area contributed by atoms with Crippen LogP contribution in [0.3, 0.4) is 0 Å².